The number of carbonyl (C=O) groups excluding carboxylic acids is 2. The van der Waals surface area contributed by atoms with E-state index in [-0.39, 0.29) is 35.4 Å². The molecule has 2 amide bonds. The highest BCUT2D eigenvalue weighted by Crippen LogP contribution is 2.41. The minimum Gasteiger partial charge on any atom is -0.378 e. The molecule has 0 unspecified atom stereocenters. The fourth-order valence-electron chi connectivity index (χ4n) is 5.36. The Hall–Kier alpha value is -1.40. The summed E-state index contributed by atoms with van der Waals surface area (Å²) in [7, 11) is 0. The molecule has 4 fully saturated rings. The lowest BCUT2D eigenvalue weighted by molar-refractivity contribution is -0.129. The van der Waals surface area contributed by atoms with Crippen LogP contribution in [0.4, 0.5) is 0 Å². The molecule has 4 aliphatic rings. The number of hydrogen-bond acceptors (Lipinski definition) is 4. The van der Waals surface area contributed by atoms with Crippen molar-refractivity contribution in [2.45, 2.75) is 82.1 Å². The number of hydrogen-bond donors (Lipinski definition) is 2. The fraction of sp³-hybridized carbons (Fsp3) is 0.810. The Morgan fingerprint density at radius 2 is 2.04 bits per heavy atom. The Labute approximate surface area is 161 Å². The first-order valence-corrected chi connectivity index (χ1v) is 10.4. The molecule has 4 rings (SSSR count). The van der Waals surface area contributed by atoms with Crippen LogP contribution in [-0.4, -0.2) is 48.8 Å². The Bertz CT molecular complexity index is 621. The minimum absolute atomic E-state index is 0.00187. The van der Waals surface area contributed by atoms with Gasteiger partial charge in [-0.1, -0.05) is 5.57 Å². The van der Waals surface area contributed by atoms with E-state index >= 15 is 0 Å². The van der Waals surface area contributed by atoms with Crippen molar-refractivity contribution in [2.24, 2.45) is 11.8 Å². The van der Waals surface area contributed by atoms with E-state index in [1.165, 1.54) is 0 Å². The van der Waals surface area contributed by atoms with Crippen LogP contribution in [0.15, 0.2) is 12.2 Å². The highest BCUT2D eigenvalue weighted by molar-refractivity contribution is 5.80. The van der Waals surface area contributed by atoms with Gasteiger partial charge in [-0.15, -0.1) is 6.58 Å². The average molecular weight is 376 g/mol. The maximum absolute atomic E-state index is 12.8. The highest BCUT2D eigenvalue weighted by atomic mass is 16.5. The molecule has 27 heavy (non-hydrogen) atoms. The Kier molecular flexibility index (Phi) is 5.30. The van der Waals surface area contributed by atoms with Gasteiger partial charge >= 0.3 is 0 Å². The van der Waals surface area contributed by atoms with Crippen LogP contribution in [0.25, 0.3) is 0 Å². The lowest BCUT2D eigenvalue weighted by atomic mass is 9.79. The SMILES string of the molecule is C=C(C)CCCC(=O)N[C@]12CO[C@H](C1)[C@H](NC(=O)[C@@H]1CC[C@H]3C[C@@H]1CO3)C2. The van der Waals surface area contributed by atoms with Crippen LogP contribution in [0.3, 0.4) is 0 Å². The van der Waals surface area contributed by atoms with Crippen LogP contribution in [0.1, 0.15) is 58.3 Å². The van der Waals surface area contributed by atoms with E-state index in [4.69, 9.17) is 9.47 Å². The average Bonchev–Trinajstić information content (AvgIpc) is 3.27. The summed E-state index contributed by atoms with van der Waals surface area (Å²) >= 11 is 0. The lowest BCUT2D eigenvalue weighted by Gasteiger charge is -2.33. The molecule has 2 saturated heterocycles. The van der Waals surface area contributed by atoms with E-state index < -0.39 is 0 Å². The summed E-state index contributed by atoms with van der Waals surface area (Å²) in [5.74, 6) is 0.655. The number of amides is 2. The normalized spacial score (nSPS) is 39.4. The van der Waals surface area contributed by atoms with E-state index in [1.54, 1.807) is 0 Å². The van der Waals surface area contributed by atoms with Gasteiger partial charge in [0.25, 0.3) is 0 Å². The third kappa shape index (κ3) is 4.06. The topological polar surface area (TPSA) is 76.7 Å². The molecule has 0 spiro atoms. The zero-order valence-corrected chi connectivity index (χ0v) is 16.3. The summed E-state index contributed by atoms with van der Waals surface area (Å²) in [5.41, 5.74) is 0.799. The molecule has 6 nitrogen and oxygen atoms in total. The number of rotatable bonds is 7. The fourth-order valence-corrected chi connectivity index (χ4v) is 5.36. The van der Waals surface area contributed by atoms with Gasteiger partial charge in [0.1, 0.15) is 0 Å². The third-order valence-corrected chi connectivity index (χ3v) is 6.78. The maximum Gasteiger partial charge on any atom is 0.223 e. The van der Waals surface area contributed by atoms with Crippen LogP contribution in [0, 0.1) is 11.8 Å². The van der Waals surface area contributed by atoms with Crippen LogP contribution in [0.5, 0.6) is 0 Å². The van der Waals surface area contributed by atoms with Gasteiger partial charge in [-0.05, 0) is 51.4 Å². The van der Waals surface area contributed by atoms with Crippen molar-refractivity contribution >= 4 is 11.8 Å². The molecule has 6 atom stereocenters. The molecule has 0 aromatic heterocycles. The molecule has 6 heteroatoms. The number of ether oxygens (including phenoxy) is 2. The van der Waals surface area contributed by atoms with Gasteiger partial charge in [0.15, 0.2) is 0 Å². The molecule has 0 radical (unpaired) electrons. The molecule has 0 aromatic rings. The van der Waals surface area contributed by atoms with Crippen molar-refractivity contribution in [3.05, 3.63) is 12.2 Å². The largest absolute Gasteiger partial charge is 0.378 e. The Morgan fingerprint density at radius 1 is 1.19 bits per heavy atom. The van der Waals surface area contributed by atoms with Gasteiger partial charge in [0.05, 0.1) is 37.0 Å². The van der Waals surface area contributed by atoms with Crippen LogP contribution in [0.2, 0.25) is 0 Å². The lowest BCUT2D eigenvalue weighted by Crippen LogP contribution is -2.53. The van der Waals surface area contributed by atoms with Crippen molar-refractivity contribution < 1.29 is 19.1 Å². The molecular formula is C21H32N2O4. The van der Waals surface area contributed by atoms with Crippen molar-refractivity contribution in [1.82, 2.24) is 10.6 Å². The quantitative estimate of drug-likeness (QED) is 0.667. The van der Waals surface area contributed by atoms with Crippen LogP contribution in [-0.2, 0) is 19.1 Å². The first-order valence-electron chi connectivity index (χ1n) is 10.4. The second-order valence-corrected chi connectivity index (χ2v) is 9.15. The van der Waals surface area contributed by atoms with Crippen molar-refractivity contribution in [2.75, 3.05) is 13.2 Å². The second kappa shape index (κ2) is 7.55. The monoisotopic (exact) mass is 376 g/mol. The Balaban J connectivity index is 1.28. The van der Waals surface area contributed by atoms with E-state index in [9.17, 15) is 9.59 Å². The maximum atomic E-state index is 12.8. The summed E-state index contributed by atoms with van der Waals surface area (Å²) in [6.45, 7) is 7.14. The first-order chi connectivity index (χ1) is 12.9. The molecule has 2 heterocycles. The van der Waals surface area contributed by atoms with Gasteiger partial charge in [0, 0.05) is 18.8 Å². The van der Waals surface area contributed by atoms with Crippen LogP contribution >= 0.6 is 0 Å². The third-order valence-electron chi connectivity index (χ3n) is 6.78. The van der Waals surface area contributed by atoms with Crippen molar-refractivity contribution in [3.63, 3.8) is 0 Å². The number of allylic oxidation sites excluding steroid dienone is 1. The molecule has 0 aromatic carbocycles. The van der Waals surface area contributed by atoms with E-state index in [0.29, 0.717) is 25.0 Å². The summed E-state index contributed by atoms with van der Waals surface area (Å²) < 4.78 is 11.6. The summed E-state index contributed by atoms with van der Waals surface area (Å²) in [6, 6.07) is 0.00187. The molecule has 2 aliphatic heterocycles. The van der Waals surface area contributed by atoms with Crippen LogP contribution < -0.4 is 10.6 Å². The first kappa shape index (κ1) is 18.9. The van der Waals surface area contributed by atoms with Gasteiger partial charge in [-0.25, -0.2) is 0 Å². The predicted molar refractivity (Wildman–Crippen MR) is 101 cm³/mol. The molecule has 2 aliphatic carbocycles. The minimum atomic E-state index is -0.308. The van der Waals surface area contributed by atoms with Crippen molar-refractivity contribution in [3.8, 4) is 0 Å². The predicted octanol–water partition coefficient (Wildman–Crippen LogP) is 2.08. The Morgan fingerprint density at radius 3 is 2.85 bits per heavy atom. The summed E-state index contributed by atoms with van der Waals surface area (Å²) in [5, 5.41) is 6.44. The van der Waals surface area contributed by atoms with Crippen molar-refractivity contribution in [1.29, 1.82) is 0 Å². The van der Waals surface area contributed by atoms with E-state index in [0.717, 1.165) is 57.1 Å². The number of fused-ring (bicyclic) bond motifs is 4. The zero-order chi connectivity index (χ0) is 19.0. The second-order valence-electron chi connectivity index (χ2n) is 9.15. The van der Waals surface area contributed by atoms with Gasteiger partial charge < -0.3 is 20.1 Å². The van der Waals surface area contributed by atoms with E-state index in [2.05, 4.69) is 17.2 Å². The summed E-state index contributed by atoms with van der Waals surface area (Å²) in [4.78, 5) is 25.2. The van der Waals surface area contributed by atoms with E-state index in [1.807, 2.05) is 6.92 Å². The van der Waals surface area contributed by atoms with Gasteiger partial charge in [-0.2, -0.15) is 0 Å². The number of carbonyl (C=O) groups is 2. The molecule has 150 valence electrons. The highest BCUT2D eigenvalue weighted by Gasteiger charge is 2.53. The molecule has 2 N–H and O–H groups in total. The zero-order valence-electron chi connectivity index (χ0n) is 16.3. The smallest absolute Gasteiger partial charge is 0.223 e. The molecule has 2 saturated carbocycles. The van der Waals surface area contributed by atoms with Gasteiger partial charge in [0.2, 0.25) is 11.8 Å². The molecular weight excluding hydrogens is 344 g/mol. The summed E-state index contributed by atoms with van der Waals surface area (Å²) in [6.07, 6.45) is 7.10. The standard InChI is InChI=1S/C21H32N2O4/c1-13(2)4-3-5-19(24)23-21-9-17(18(10-21)27-12-21)22-20(25)16-7-6-15-8-14(16)11-26-15/h14-18H,1,3-12H2,2H3,(H,22,25)(H,23,24)/t14-,15+,16-,17-,18-,21+/m1/s1. The molecule has 4 bridgehead atoms. The van der Waals surface area contributed by atoms with Gasteiger partial charge in [-0.3, -0.25) is 9.59 Å². The number of nitrogens with one attached hydrogen (secondary N) is 2.